The van der Waals surface area contributed by atoms with Crippen molar-refractivity contribution < 1.29 is 79.6 Å². The van der Waals surface area contributed by atoms with Crippen LogP contribution in [0.5, 0.6) is 0 Å². The van der Waals surface area contributed by atoms with Gasteiger partial charge in [-0.25, -0.2) is 0 Å². The normalized spacial score (nSPS) is 55.5. The highest BCUT2D eigenvalue weighted by Crippen LogP contribution is 2.76. The van der Waals surface area contributed by atoms with Crippen molar-refractivity contribution in [3.63, 3.8) is 0 Å². The van der Waals surface area contributed by atoms with E-state index in [-0.39, 0.29) is 28.6 Å². The molecule has 0 spiro atoms. The van der Waals surface area contributed by atoms with Gasteiger partial charge in [0, 0.05) is 5.92 Å². The van der Waals surface area contributed by atoms with Crippen LogP contribution in [-0.4, -0.2) is 149 Å². The summed E-state index contributed by atoms with van der Waals surface area (Å²) in [5.41, 5.74) is -4.16. The van der Waals surface area contributed by atoms with E-state index in [4.69, 9.17) is 18.9 Å². The lowest BCUT2D eigenvalue weighted by atomic mass is 9.33. The number of carboxylic acid groups (broad SMARTS) is 1. The van der Waals surface area contributed by atoms with Crippen molar-refractivity contribution >= 4 is 11.9 Å². The Morgan fingerprint density at radius 3 is 2.02 bits per heavy atom. The average Bonchev–Trinajstić information content (AvgIpc) is 3.17. The molecular weight excluding hydrogens is 760 g/mol. The van der Waals surface area contributed by atoms with Crippen molar-refractivity contribution in [2.24, 2.45) is 50.7 Å². The van der Waals surface area contributed by atoms with E-state index in [2.05, 4.69) is 26.8 Å². The maximum absolute atomic E-state index is 14.9. The molecule has 10 N–H and O–H groups in total. The number of carbonyl (C=O) groups excluding carboxylic acids is 1. The minimum atomic E-state index is -1.87. The van der Waals surface area contributed by atoms with Crippen LogP contribution in [-0.2, 0) is 28.5 Å². The standard InChI is InChI=1S/C42H66O16/c1-19-9-14-42(36(53)58-34-31(50)29(48)27(46)22(57-34)18-55-33-30(49)28(47)26(45)21(17-43)56-33)16-15-38(3)20(32(42)41(19,6)54)7-8-23-37(2)12-11-25(44)40(5,35(51)52)24(37)10-13-39(23,38)4/h7,19,21-34,43-50,54H,8-18H2,1-6H3,(H,51,52)/t19-,21-,22+,23-,24-,25+,26+,27+,28-,29-,30+,31+,32-,33-,34-,37+,38+,39+,40+,41-,42-/m1/s1. The van der Waals surface area contributed by atoms with E-state index in [1.54, 1.807) is 13.8 Å². The number of fused-ring (bicyclic) bond motifs is 7. The van der Waals surface area contributed by atoms with Crippen molar-refractivity contribution in [1.29, 1.82) is 0 Å². The van der Waals surface area contributed by atoms with Crippen molar-refractivity contribution in [3.05, 3.63) is 11.6 Å². The summed E-state index contributed by atoms with van der Waals surface area (Å²) in [4.78, 5) is 27.7. The summed E-state index contributed by atoms with van der Waals surface area (Å²) in [6.07, 6.45) is -10.6. The molecule has 330 valence electrons. The number of allylic oxidation sites excluding steroid dienone is 1. The number of aliphatic carboxylic acids is 1. The summed E-state index contributed by atoms with van der Waals surface area (Å²) in [7, 11) is 0. The molecule has 4 saturated carbocycles. The molecule has 7 aliphatic rings. The molecule has 0 unspecified atom stereocenters. The summed E-state index contributed by atoms with van der Waals surface area (Å²) in [6.45, 7) is 10.8. The molecule has 2 aliphatic heterocycles. The summed E-state index contributed by atoms with van der Waals surface area (Å²) < 4.78 is 22.8. The van der Waals surface area contributed by atoms with Gasteiger partial charge >= 0.3 is 11.9 Å². The molecule has 2 saturated heterocycles. The van der Waals surface area contributed by atoms with E-state index in [9.17, 15) is 60.7 Å². The quantitative estimate of drug-likeness (QED) is 0.123. The Morgan fingerprint density at radius 1 is 0.759 bits per heavy atom. The van der Waals surface area contributed by atoms with Gasteiger partial charge in [-0.1, -0.05) is 39.3 Å². The molecule has 0 radical (unpaired) electrons. The van der Waals surface area contributed by atoms with Gasteiger partial charge in [-0.05, 0) is 106 Å². The average molecular weight is 827 g/mol. The predicted molar refractivity (Wildman–Crippen MR) is 201 cm³/mol. The molecule has 0 bridgehead atoms. The van der Waals surface area contributed by atoms with Crippen LogP contribution in [0.2, 0.25) is 0 Å². The SMILES string of the molecule is C[C@@H]1CC[C@@]2(C(=O)O[C@H]3O[C@@H](CO[C@@H]4O[C@H](CO)[C@H](O)[C@@H](O)[C@@H]4O)[C@H](O)[C@@H](O)[C@@H]3O)CC[C@@]3(C)C(=CC[C@@H]4[C@]5(C)CC[C@H](O)[C@@](C)(C(=O)O)[C@@H]5CC[C@@]43C)[C@@H]2[C@]1(C)O. The van der Waals surface area contributed by atoms with Gasteiger partial charge in [0.2, 0.25) is 6.29 Å². The minimum absolute atomic E-state index is 0.0740. The number of rotatable bonds is 7. The predicted octanol–water partition coefficient (Wildman–Crippen LogP) is 0.352. The third-order valence-corrected chi connectivity index (χ3v) is 17.7. The summed E-state index contributed by atoms with van der Waals surface area (Å²) in [5.74, 6) is -2.77. The smallest absolute Gasteiger partial charge is 0.315 e. The molecule has 0 aromatic rings. The molecule has 0 aromatic heterocycles. The van der Waals surface area contributed by atoms with E-state index < -0.39 is 120 Å². The molecule has 16 nitrogen and oxygen atoms in total. The van der Waals surface area contributed by atoms with E-state index in [0.717, 1.165) is 5.57 Å². The van der Waals surface area contributed by atoms with Crippen LogP contribution < -0.4 is 0 Å². The lowest BCUT2D eigenvalue weighted by Crippen LogP contribution is -2.69. The first kappa shape index (κ1) is 44.3. The van der Waals surface area contributed by atoms with Crippen LogP contribution >= 0.6 is 0 Å². The highest BCUT2D eigenvalue weighted by molar-refractivity contribution is 5.79. The van der Waals surface area contributed by atoms with Crippen LogP contribution in [0.3, 0.4) is 0 Å². The Kier molecular flexibility index (Phi) is 11.4. The Balaban J connectivity index is 1.16. The lowest BCUT2D eigenvalue weighted by molar-refractivity contribution is -0.329. The Labute approximate surface area is 339 Å². The minimum Gasteiger partial charge on any atom is -0.481 e. The molecule has 0 aromatic carbocycles. The number of carboxylic acids is 1. The summed E-state index contributed by atoms with van der Waals surface area (Å²) in [5, 5.41) is 107. The van der Waals surface area contributed by atoms with Crippen LogP contribution in [0.25, 0.3) is 0 Å². The lowest BCUT2D eigenvalue weighted by Gasteiger charge is -2.71. The fraction of sp³-hybridized carbons (Fsp3) is 0.905. The van der Waals surface area contributed by atoms with Gasteiger partial charge in [0.15, 0.2) is 6.29 Å². The van der Waals surface area contributed by atoms with Crippen LogP contribution in [0.15, 0.2) is 11.6 Å². The molecule has 0 amide bonds. The molecule has 58 heavy (non-hydrogen) atoms. The number of ether oxygens (including phenoxy) is 4. The first-order chi connectivity index (χ1) is 27.0. The highest BCUT2D eigenvalue weighted by Gasteiger charge is 2.73. The maximum Gasteiger partial charge on any atom is 0.315 e. The Morgan fingerprint density at radius 2 is 1.38 bits per heavy atom. The number of aliphatic hydroxyl groups excluding tert-OH is 8. The number of hydrogen-bond acceptors (Lipinski definition) is 15. The van der Waals surface area contributed by atoms with Crippen molar-refractivity contribution in [2.75, 3.05) is 13.2 Å². The van der Waals surface area contributed by atoms with Crippen molar-refractivity contribution in [3.8, 4) is 0 Å². The molecule has 2 heterocycles. The molecule has 16 heteroatoms. The third kappa shape index (κ3) is 6.13. The van der Waals surface area contributed by atoms with Gasteiger partial charge < -0.3 is 70.0 Å². The van der Waals surface area contributed by atoms with Gasteiger partial charge in [-0.15, -0.1) is 0 Å². The fourth-order valence-electron chi connectivity index (χ4n) is 13.6. The first-order valence-corrected chi connectivity index (χ1v) is 21.1. The molecule has 5 aliphatic carbocycles. The summed E-state index contributed by atoms with van der Waals surface area (Å²) in [6, 6.07) is 0. The molecule has 7 rings (SSSR count). The van der Waals surface area contributed by atoms with Crippen LogP contribution in [0, 0.1) is 50.7 Å². The second-order valence-corrected chi connectivity index (χ2v) is 20.1. The van der Waals surface area contributed by atoms with Gasteiger partial charge in [-0.3, -0.25) is 9.59 Å². The maximum atomic E-state index is 14.9. The zero-order chi connectivity index (χ0) is 42.7. The Bertz CT molecular complexity index is 1620. The Hall–Kier alpha value is -1.80. The van der Waals surface area contributed by atoms with Crippen LogP contribution in [0.1, 0.15) is 99.3 Å². The van der Waals surface area contributed by atoms with Crippen molar-refractivity contribution in [2.45, 2.75) is 172 Å². The largest absolute Gasteiger partial charge is 0.481 e. The topological polar surface area (TPSA) is 273 Å². The third-order valence-electron chi connectivity index (χ3n) is 17.7. The summed E-state index contributed by atoms with van der Waals surface area (Å²) >= 11 is 0. The molecular formula is C42H66O16. The molecule has 21 atom stereocenters. The molecule has 6 fully saturated rings. The first-order valence-electron chi connectivity index (χ1n) is 21.1. The van der Waals surface area contributed by atoms with E-state index in [1.165, 1.54) is 0 Å². The van der Waals surface area contributed by atoms with E-state index in [1.807, 2.05) is 6.92 Å². The zero-order valence-electron chi connectivity index (χ0n) is 34.4. The monoisotopic (exact) mass is 826 g/mol. The zero-order valence-corrected chi connectivity index (χ0v) is 34.4. The highest BCUT2D eigenvalue weighted by atomic mass is 16.7. The van der Waals surface area contributed by atoms with E-state index >= 15 is 0 Å². The van der Waals surface area contributed by atoms with Crippen LogP contribution in [0.4, 0.5) is 0 Å². The number of carbonyl (C=O) groups is 2. The van der Waals surface area contributed by atoms with Gasteiger partial charge in [-0.2, -0.15) is 0 Å². The van der Waals surface area contributed by atoms with Gasteiger partial charge in [0.1, 0.15) is 48.8 Å². The second kappa shape index (κ2) is 14.9. The number of hydrogen-bond donors (Lipinski definition) is 10. The van der Waals surface area contributed by atoms with Crippen molar-refractivity contribution in [1.82, 2.24) is 0 Å². The second-order valence-electron chi connectivity index (χ2n) is 20.1. The number of aliphatic hydroxyl groups is 9. The fourth-order valence-corrected chi connectivity index (χ4v) is 13.6. The van der Waals surface area contributed by atoms with E-state index in [0.29, 0.717) is 57.8 Å². The van der Waals surface area contributed by atoms with Gasteiger partial charge in [0.25, 0.3) is 0 Å². The van der Waals surface area contributed by atoms with Gasteiger partial charge in [0.05, 0.1) is 35.7 Å². The number of esters is 1.